The molecule has 27 heavy (non-hydrogen) atoms. The summed E-state index contributed by atoms with van der Waals surface area (Å²) >= 11 is 0. The first-order chi connectivity index (χ1) is 12.9. The van der Waals surface area contributed by atoms with E-state index in [1.165, 1.54) is 6.20 Å². The highest BCUT2D eigenvalue weighted by molar-refractivity contribution is 6.39. The largest absolute Gasteiger partial charge is 0.383 e. The first kappa shape index (κ1) is 18.9. The fraction of sp³-hybridized carbons (Fsp3) is 0.381. The Morgan fingerprint density at radius 2 is 1.89 bits per heavy atom. The van der Waals surface area contributed by atoms with Gasteiger partial charge in [0.2, 0.25) is 0 Å². The highest BCUT2D eigenvalue weighted by atomic mass is 16.2. The van der Waals surface area contributed by atoms with E-state index in [9.17, 15) is 9.59 Å². The standard InChI is InChI=1S/C21H26N4O2/c1-13-10-18(16-7-5-4-6-8-16)25(12-15(13)3)21(27)20(26)24-17-9-14(2)19(22)23-11-17/h4-9,11,13,15,18H,10,12H2,1-3H3,(H2,22,23)(H,24,26). The normalized spacial score (nSPS) is 22.3. The molecule has 1 fully saturated rings. The fourth-order valence-corrected chi connectivity index (χ4v) is 3.51. The maximum Gasteiger partial charge on any atom is 0.313 e. The Kier molecular flexibility index (Phi) is 5.44. The Bertz CT molecular complexity index is 837. The zero-order valence-electron chi connectivity index (χ0n) is 16.0. The lowest BCUT2D eigenvalue weighted by Gasteiger charge is -2.42. The van der Waals surface area contributed by atoms with E-state index in [0.29, 0.717) is 29.9 Å². The number of carbonyl (C=O) groups excluding carboxylic acids is 2. The van der Waals surface area contributed by atoms with Crippen LogP contribution in [0.15, 0.2) is 42.6 Å². The van der Waals surface area contributed by atoms with Gasteiger partial charge in [0.15, 0.2) is 0 Å². The minimum atomic E-state index is -0.649. The van der Waals surface area contributed by atoms with E-state index in [-0.39, 0.29) is 6.04 Å². The second-order valence-electron chi connectivity index (χ2n) is 7.45. The molecule has 0 aliphatic carbocycles. The van der Waals surface area contributed by atoms with Crippen LogP contribution in [0.5, 0.6) is 0 Å². The topological polar surface area (TPSA) is 88.3 Å². The van der Waals surface area contributed by atoms with Gasteiger partial charge in [-0.05, 0) is 42.4 Å². The van der Waals surface area contributed by atoms with Crippen LogP contribution >= 0.6 is 0 Å². The Morgan fingerprint density at radius 1 is 1.19 bits per heavy atom. The Morgan fingerprint density at radius 3 is 2.56 bits per heavy atom. The van der Waals surface area contributed by atoms with E-state index >= 15 is 0 Å². The summed E-state index contributed by atoms with van der Waals surface area (Å²) in [6, 6.07) is 11.5. The molecule has 0 bridgehead atoms. The summed E-state index contributed by atoms with van der Waals surface area (Å²) in [5, 5.41) is 2.66. The second kappa shape index (κ2) is 7.78. The van der Waals surface area contributed by atoms with E-state index in [2.05, 4.69) is 24.1 Å². The molecule has 6 nitrogen and oxygen atoms in total. The number of nitrogens with two attached hydrogens (primary N) is 1. The summed E-state index contributed by atoms with van der Waals surface area (Å²) in [7, 11) is 0. The number of rotatable bonds is 2. The number of nitrogens with zero attached hydrogens (tertiary/aromatic N) is 2. The molecule has 0 spiro atoms. The molecule has 2 amide bonds. The molecule has 1 saturated heterocycles. The predicted molar refractivity (Wildman–Crippen MR) is 106 cm³/mol. The number of amides is 2. The van der Waals surface area contributed by atoms with Gasteiger partial charge in [-0.25, -0.2) is 4.98 Å². The molecule has 3 atom stereocenters. The van der Waals surface area contributed by atoms with Crippen LogP contribution < -0.4 is 11.1 Å². The third-order valence-electron chi connectivity index (χ3n) is 5.44. The number of carbonyl (C=O) groups is 2. The van der Waals surface area contributed by atoms with Crippen LogP contribution in [-0.4, -0.2) is 28.2 Å². The first-order valence-electron chi connectivity index (χ1n) is 9.25. The zero-order valence-corrected chi connectivity index (χ0v) is 16.0. The average molecular weight is 366 g/mol. The molecule has 1 aliphatic heterocycles. The molecule has 3 rings (SSSR count). The fourth-order valence-electron chi connectivity index (χ4n) is 3.51. The maximum atomic E-state index is 13.0. The maximum absolute atomic E-state index is 13.0. The summed E-state index contributed by atoms with van der Waals surface area (Å²) in [6.45, 7) is 6.69. The van der Waals surface area contributed by atoms with Gasteiger partial charge in [0.25, 0.3) is 0 Å². The van der Waals surface area contributed by atoms with Crippen molar-refractivity contribution in [2.24, 2.45) is 11.8 Å². The van der Waals surface area contributed by atoms with Crippen LogP contribution in [-0.2, 0) is 9.59 Å². The highest BCUT2D eigenvalue weighted by Crippen LogP contribution is 2.36. The Hall–Kier alpha value is -2.89. The van der Waals surface area contributed by atoms with Gasteiger partial charge in [-0.2, -0.15) is 0 Å². The quantitative estimate of drug-likeness (QED) is 0.799. The molecule has 6 heteroatoms. The lowest BCUT2D eigenvalue weighted by Crippen LogP contribution is -2.48. The van der Waals surface area contributed by atoms with Crippen molar-refractivity contribution >= 4 is 23.3 Å². The van der Waals surface area contributed by atoms with E-state index in [1.54, 1.807) is 17.9 Å². The molecule has 2 heterocycles. The second-order valence-corrected chi connectivity index (χ2v) is 7.45. The number of aromatic nitrogens is 1. The van der Waals surface area contributed by atoms with Gasteiger partial charge in [-0.3, -0.25) is 9.59 Å². The number of benzene rings is 1. The van der Waals surface area contributed by atoms with Crippen molar-refractivity contribution in [3.63, 3.8) is 0 Å². The summed E-state index contributed by atoms with van der Waals surface area (Å²) in [4.78, 5) is 31.3. The van der Waals surface area contributed by atoms with Crippen LogP contribution in [0.3, 0.4) is 0 Å². The van der Waals surface area contributed by atoms with Gasteiger partial charge < -0.3 is 16.0 Å². The molecule has 1 aromatic heterocycles. The molecule has 1 aliphatic rings. The number of anilines is 2. The number of hydrogen-bond acceptors (Lipinski definition) is 4. The molecule has 3 unspecified atom stereocenters. The summed E-state index contributed by atoms with van der Waals surface area (Å²) in [5.41, 5.74) is 7.99. The van der Waals surface area contributed by atoms with E-state index < -0.39 is 11.8 Å². The smallest absolute Gasteiger partial charge is 0.313 e. The van der Waals surface area contributed by atoms with Gasteiger partial charge >= 0.3 is 11.8 Å². The van der Waals surface area contributed by atoms with Crippen molar-refractivity contribution in [2.75, 3.05) is 17.6 Å². The van der Waals surface area contributed by atoms with Crippen LogP contribution in [0.25, 0.3) is 0 Å². The van der Waals surface area contributed by atoms with E-state index in [4.69, 9.17) is 5.73 Å². The Balaban J connectivity index is 1.81. The van der Waals surface area contributed by atoms with E-state index in [1.807, 2.05) is 30.3 Å². The van der Waals surface area contributed by atoms with Gasteiger partial charge in [0, 0.05) is 6.54 Å². The zero-order chi connectivity index (χ0) is 19.6. The van der Waals surface area contributed by atoms with Crippen LogP contribution in [0.1, 0.15) is 37.4 Å². The number of pyridine rings is 1. The van der Waals surface area contributed by atoms with Gasteiger partial charge in [-0.15, -0.1) is 0 Å². The molecule has 2 aromatic rings. The minimum Gasteiger partial charge on any atom is -0.383 e. The molecular weight excluding hydrogens is 340 g/mol. The number of hydrogen-bond donors (Lipinski definition) is 2. The summed E-state index contributed by atoms with van der Waals surface area (Å²) < 4.78 is 0. The summed E-state index contributed by atoms with van der Waals surface area (Å²) in [6.07, 6.45) is 2.30. The molecule has 3 N–H and O–H groups in total. The van der Waals surface area contributed by atoms with Gasteiger partial charge in [-0.1, -0.05) is 44.2 Å². The minimum absolute atomic E-state index is 0.0954. The average Bonchev–Trinajstić information content (AvgIpc) is 2.66. The highest BCUT2D eigenvalue weighted by Gasteiger charge is 2.37. The molecule has 0 radical (unpaired) electrons. The van der Waals surface area contributed by atoms with Crippen LogP contribution in [0, 0.1) is 18.8 Å². The molecular formula is C21H26N4O2. The number of piperidine rings is 1. The lowest BCUT2D eigenvalue weighted by molar-refractivity contribution is -0.147. The van der Waals surface area contributed by atoms with E-state index in [0.717, 1.165) is 17.5 Å². The van der Waals surface area contributed by atoms with Crippen molar-refractivity contribution < 1.29 is 9.59 Å². The van der Waals surface area contributed by atoms with Crippen LogP contribution in [0.2, 0.25) is 0 Å². The predicted octanol–water partition coefficient (Wildman–Crippen LogP) is 3.16. The monoisotopic (exact) mass is 366 g/mol. The molecule has 1 aromatic carbocycles. The summed E-state index contributed by atoms with van der Waals surface area (Å²) in [5.74, 6) is 0.0523. The molecule has 142 valence electrons. The van der Waals surface area contributed by atoms with Gasteiger partial charge in [0.1, 0.15) is 5.82 Å². The van der Waals surface area contributed by atoms with Crippen molar-refractivity contribution in [1.29, 1.82) is 0 Å². The lowest BCUT2D eigenvalue weighted by atomic mass is 9.82. The third kappa shape index (κ3) is 4.10. The number of nitrogens with one attached hydrogen (secondary N) is 1. The SMILES string of the molecule is Cc1cc(NC(=O)C(=O)N2CC(C)C(C)CC2c2ccccc2)cnc1N. The van der Waals surface area contributed by atoms with Crippen molar-refractivity contribution in [3.8, 4) is 0 Å². The van der Waals surface area contributed by atoms with Crippen LogP contribution in [0.4, 0.5) is 11.5 Å². The number of aryl methyl sites for hydroxylation is 1. The molecule has 0 saturated carbocycles. The third-order valence-corrected chi connectivity index (χ3v) is 5.44. The Labute approximate surface area is 159 Å². The number of likely N-dealkylation sites (tertiary alicyclic amines) is 1. The number of nitrogen functional groups attached to an aromatic ring is 1. The first-order valence-corrected chi connectivity index (χ1v) is 9.25. The van der Waals surface area contributed by atoms with Crippen molar-refractivity contribution in [1.82, 2.24) is 9.88 Å². The van der Waals surface area contributed by atoms with Crippen molar-refractivity contribution in [3.05, 3.63) is 53.7 Å². The van der Waals surface area contributed by atoms with Gasteiger partial charge in [0.05, 0.1) is 17.9 Å². The van der Waals surface area contributed by atoms with Crippen molar-refractivity contribution in [2.45, 2.75) is 33.2 Å².